The molecule has 0 unspecified atom stereocenters. The number of carbonyl (C=O) groups is 1. The Morgan fingerprint density at radius 2 is 1.95 bits per heavy atom. The molecule has 0 fully saturated rings. The second kappa shape index (κ2) is 5.24. The lowest BCUT2D eigenvalue weighted by Crippen LogP contribution is -2.08. The first kappa shape index (κ1) is 13.9. The van der Waals surface area contributed by atoms with E-state index in [9.17, 15) is 14.3 Å². The predicted octanol–water partition coefficient (Wildman–Crippen LogP) is 3.03. The minimum absolute atomic E-state index is 0.0787. The fourth-order valence-electron chi connectivity index (χ4n) is 1.70. The first-order chi connectivity index (χ1) is 9.40. The first-order valence-electron chi connectivity index (χ1n) is 5.91. The Labute approximate surface area is 115 Å². The molecule has 6 heteroatoms. The molecule has 20 heavy (non-hydrogen) atoms. The molecule has 0 aliphatic carbocycles. The third kappa shape index (κ3) is 2.59. The fourth-order valence-corrected chi connectivity index (χ4v) is 1.70. The lowest BCUT2D eigenvalue weighted by Gasteiger charge is -2.11. The van der Waals surface area contributed by atoms with Gasteiger partial charge in [-0.2, -0.15) is 5.10 Å². The Kier molecular flexibility index (Phi) is 3.65. The van der Waals surface area contributed by atoms with E-state index < -0.39 is 11.8 Å². The van der Waals surface area contributed by atoms with Crippen molar-refractivity contribution in [2.45, 2.75) is 20.8 Å². The number of hydrogen-bond donors (Lipinski definition) is 1. The molecule has 0 spiro atoms. The van der Waals surface area contributed by atoms with Crippen LogP contribution in [0, 0.1) is 26.6 Å². The van der Waals surface area contributed by atoms with Gasteiger partial charge >= 0.3 is 5.97 Å². The number of hydrogen-bond acceptors (Lipinski definition) is 4. The highest BCUT2D eigenvalue weighted by Gasteiger charge is 2.20. The minimum atomic E-state index is -1.19. The van der Waals surface area contributed by atoms with Gasteiger partial charge in [0.2, 0.25) is 0 Å². The van der Waals surface area contributed by atoms with Gasteiger partial charge in [-0.05, 0) is 44.0 Å². The summed E-state index contributed by atoms with van der Waals surface area (Å²) in [6, 6.07) is 4.31. The van der Waals surface area contributed by atoms with Crippen LogP contribution in [-0.4, -0.2) is 21.3 Å². The summed E-state index contributed by atoms with van der Waals surface area (Å²) in [6.07, 6.45) is 0. The van der Waals surface area contributed by atoms with E-state index in [1.54, 1.807) is 26.8 Å². The monoisotopic (exact) mass is 276 g/mol. The molecule has 1 aromatic heterocycles. The Morgan fingerprint density at radius 1 is 1.25 bits per heavy atom. The summed E-state index contributed by atoms with van der Waals surface area (Å²) in [5.74, 6) is -2.08. The molecule has 1 heterocycles. The average Bonchev–Trinajstić information content (AvgIpc) is 2.38. The lowest BCUT2D eigenvalue weighted by atomic mass is 10.1. The van der Waals surface area contributed by atoms with Crippen LogP contribution >= 0.6 is 0 Å². The molecule has 0 bridgehead atoms. The summed E-state index contributed by atoms with van der Waals surface area (Å²) >= 11 is 0. The van der Waals surface area contributed by atoms with Gasteiger partial charge in [0.1, 0.15) is 5.56 Å². The summed E-state index contributed by atoms with van der Waals surface area (Å²) in [7, 11) is 0. The van der Waals surface area contributed by atoms with Crippen LogP contribution in [0.2, 0.25) is 0 Å². The number of carboxylic acids is 1. The van der Waals surface area contributed by atoms with Crippen LogP contribution in [0.4, 0.5) is 4.39 Å². The van der Waals surface area contributed by atoms with Crippen LogP contribution in [0.25, 0.3) is 0 Å². The summed E-state index contributed by atoms with van der Waals surface area (Å²) < 4.78 is 18.9. The Balaban J connectivity index is 2.51. The Morgan fingerprint density at radius 3 is 2.60 bits per heavy atom. The zero-order chi connectivity index (χ0) is 14.9. The SMILES string of the molecule is Cc1ccc(F)c(Oc2nnc(C)c(C)c2C(=O)O)c1. The summed E-state index contributed by atoms with van der Waals surface area (Å²) in [5.41, 5.74) is 1.60. The average molecular weight is 276 g/mol. The molecule has 104 valence electrons. The van der Waals surface area contributed by atoms with Gasteiger partial charge in [0.25, 0.3) is 5.88 Å². The van der Waals surface area contributed by atoms with Crippen LogP contribution in [0.5, 0.6) is 11.6 Å². The molecule has 1 aromatic carbocycles. The van der Waals surface area contributed by atoms with Crippen molar-refractivity contribution in [1.29, 1.82) is 0 Å². The van der Waals surface area contributed by atoms with Crippen molar-refractivity contribution in [1.82, 2.24) is 10.2 Å². The van der Waals surface area contributed by atoms with Crippen molar-refractivity contribution in [2.75, 3.05) is 0 Å². The number of aromatic carboxylic acids is 1. The van der Waals surface area contributed by atoms with E-state index in [1.807, 2.05) is 0 Å². The molecule has 0 aliphatic heterocycles. The van der Waals surface area contributed by atoms with E-state index >= 15 is 0 Å². The van der Waals surface area contributed by atoms with Crippen molar-refractivity contribution in [3.05, 3.63) is 46.4 Å². The van der Waals surface area contributed by atoms with Gasteiger partial charge in [0, 0.05) is 0 Å². The fraction of sp³-hybridized carbons (Fsp3) is 0.214. The normalized spacial score (nSPS) is 10.4. The van der Waals surface area contributed by atoms with Crippen LogP contribution in [0.15, 0.2) is 18.2 Å². The van der Waals surface area contributed by atoms with Gasteiger partial charge in [-0.1, -0.05) is 6.07 Å². The summed E-state index contributed by atoms with van der Waals surface area (Å²) in [5, 5.41) is 16.7. The van der Waals surface area contributed by atoms with E-state index in [0.717, 1.165) is 5.56 Å². The molecule has 0 saturated heterocycles. The van der Waals surface area contributed by atoms with Gasteiger partial charge in [-0.15, -0.1) is 5.10 Å². The topological polar surface area (TPSA) is 72.3 Å². The predicted molar refractivity (Wildman–Crippen MR) is 69.7 cm³/mol. The van der Waals surface area contributed by atoms with E-state index in [1.165, 1.54) is 12.1 Å². The highest BCUT2D eigenvalue weighted by molar-refractivity contribution is 5.92. The van der Waals surface area contributed by atoms with E-state index in [2.05, 4.69) is 10.2 Å². The molecule has 5 nitrogen and oxygen atoms in total. The second-order valence-corrected chi connectivity index (χ2v) is 4.43. The quantitative estimate of drug-likeness (QED) is 0.932. The van der Waals surface area contributed by atoms with Gasteiger partial charge in [0.15, 0.2) is 11.6 Å². The van der Waals surface area contributed by atoms with E-state index in [-0.39, 0.29) is 17.2 Å². The smallest absolute Gasteiger partial charge is 0.341 e. The van der Waals surface area contributed by atoms with Crippen molar-refractivity contribution in [3.8, 4) is 11.6 Å². The number of carboxylic acid groups (broad SMARTS) is 1. The molecule has 0 atom stereocenters. The standard InChI is InChI=1S/C14H13FN2O3/c1-7-4-5-10(15)11(6-7)20-13-12(14(18)19)8(2)9(3)16-17-13/h4-6H,1-3H3,(H,18,19). The largest absolute Gasteiger partial charge is 0.477 e. The number of rotatable bonds is 3. The van der Waals surface area contributed by atoms with Crippen LogP contribution in [-0.2, 0) is 0 Å². The molecule has 2 aromatic rings. The molecular weight excluding hydrogens is 263 g/mol. The van der Waals surface area contributed by atoms with Gasteiger partial charge in [-0.3, -0.25) is 0 Å². The molecule has 2 rings (SSSR count). The van der Waals surface area contributed by atoms with Gasteiger partial charge < -0.3 is 9.84 Å². The molecule has 0 amide bonds. The zero-order valence-electron chi connectivity index (χ0n) is 11.3. The highest BCUT2D eigenvalue weighted by Crippen LogP contribution is 2.28. The van der Waals surface area contributed by atoms with Crippen LogP contribution in [0.3, 0.4) is 0 Å². The van der Waals surface area contributed by atoms with Crippen molar-refractivity contribution in [3.63, 3.8) is 0 Å². The number of nitrogens with zero attached hydrogens (tertiary/aromatic N) is 2. The zero-order valence-corrected chi connectivity index (χ0v) is 11.3. The second-order valence-electron chi connectivity index (χ2n) is 4.43. The molecular formula is C14H13FN2O3. The van der Waals surface area contributed by atoms with Crippen molar-refractivity contribution in [2.24, 2.45) is 0 Å². The van der Waals surface area contributed by atoms with Crippen molar-refractivity contribution >= 4 is 5.97 Å². The number of halogens is 1. The van der Waals surface area contributed by atoms with Crippen molar-refractivity contribution < 1.29 is 19.0 Å². The van der Waals surface area contributed by atoms with Crippen LogP contribution < -0.4 is 4.74 Å². The maximum absolute atomic E-state index is 13.6. The van der Waals surface area contributed by atoms with Crippen LogP contribution in [0.1, 0.15) is 27.2 Å². The highest BCUT2D eigenvalue weighted by atomic mass is 19.1. The Bertz CT molecular complexity index is 686. The molecule has 0 saturated carbocycles. The molecule has 1 N–H and O–H groups in total. The Hall–Kier alpha value is -2.50. The lowest BCUT2D eigenvalue weighted by molar-refractivity contribution is 0.0692. The third-order valence-electron chi connectivity index (χ3n) is 2.93. The van der Waals surface area contributed by atoms with E-state index in [4.69, 9.17) is 4.74 Å². The number of ether oxygens (including phenoxy) is 1. The first-order valence-corrected chi connectivity index (χ1v) is 5.91. The van der Waals surface area contributed by atoms with E-state index in [0.29, 0.717) is 11.3 Å². The van der Waals surface area contributed by atoms with Gasteiger partial charge in [0.05, 0.1) is 5.69 Å². The van der Waals surface area contributed by atoms with Gasteiger partial charge in [-0.25, -0.2) is 9.18 Å². The minimum Gasteiger partial charge on any atom is -0.477 e. The number of benzene rings is 1. The number of aromatic nitrogens is 2. The summed E-state index contributed by atoms with van der Waals surface area (Å²) in [6.45, 7) is 5.02. The number of aryl methyl sites for hydroxylation is 2. The summed E-state index contributed by atoms with van der Waals surface area (Å²) in [4.78, 5) is 11.3. The maximum Gasteiger partial charge on any atom is 0.341 e. The molecule has 0 radical (unpaired) electrons. The third-order valence-corrected chi connectivity index (χ3v) is 2.93. The molecule has 0 aliphatic rings. The maximum atomic E-state index is 13.6.